The lowest BCUT2D eigenvalue weighted by Gasteiger charge is -2.26. The smallest absolute Gasteiger partial charge is 0.241 e. The first-order valence-electron chi connectivity index (χ1n) is 6.59. The molecule has 1 aromatic rings. The second-order valence-electron chi connectivity index (χ2n) is 5.41. The van der Waals surface area contributed by atoms with Gasteiger partial charge in [-0.05, 0) is 12.1 Å². The third kappa shape index (κ3) is 1.24. The predicted octanol–water partition coefficient (Wildman–Crippen LogP) is 0.492. The summed E-state index contributed by atoms with van der Waals surface area (Å²) in [5, 5.41) is 9.59. The molecule has 5 nitrogen and oxygen atoms in total. The molecule has 0 unspecified atom stereocenters. The minimum Gasteiger partial charge on any atom is -0.393 e. The lowest BCUT2D eigenvalue weighted by atomic mass is 9.77. The number of hydrogen-bond donors (Lipinski definition) is 1. The van der Waals surface area contributed by atoms with Crippen LogP contribution >= 0.6 is 0 Å². The summed E-state index contributed by atoms with van der Waals surface area (Å²) in [6, 6.07) is 8.88. The Balaban J connectivity index is 1.79. The molecule has 0 aromatic heterocycles. The zero-order valence-corrected chi connectivity index (χ0v) is 10.6. The number of amides is 2. The van der Waals surface area contributed by atoms with Crippen LogP contribution in [0.15, 0.2) is 42.5 Å². The second-order valence-corrected chi connectivity index (χ2v) is 5.41. The van der Waals surface area contributed by atoms with Gasteiger partial charge in [-0.3, -0.25) is 9.59 Å². The number of hydrogen-bond acceptors (Lipinski definition) is 4. The lowest BCUT2D eigenvalue weighted by molar-refractivity contribution is -0.128. The van der Waals surface area contributed by atoms with E-state index in [1.165, 1.54) is 4.90 Å². The lowest BCUT2D eigenvalue weighted by Crippen LogP contribution is -2.43. The van der Waals surface area contributed by atoms with Crippen molar-refractivity contribution in [2.45, 2.75) is 11.7 Å². The zero-order chi connectivity index (χ0) is 13.9. The van der Waals surface area contributed by atoms with E-state index in [2.05, 4.69) is 0 Å². The van der Waals surface area contributed by atoms with Gasteiger partial charge in [0.2, 0.25) is 11.8 Å². The van der Waals surface area contributed by atoms with Crippen molar-refractivity contribution in [2.75, 3.05) is 11.5 Å². The van der Waals surface area contributed by atoms with E-state index in [0.29, 0.717) is 5.69 Å². The molecule has 3 aliphatic rings. The van der Waals surface area contributed by atoms with Gasteiger partial charge in [-0.15, -0.1) is 0 Å². The molecule has 3 aliphatic heterocycles. The van der Waals surface area contributed by atoms with Crippen molar-refractivity contribution in [1.82, 2.24) is 0 Å². The summed E-state index contributed by atoms with van der Waals surface area (Å²) in [5.74, 6) is -1.65. The van der Waals surface area contributed by atoms with Gasteiger partial charge in [-0.2, -0.15) is 0 Å². The number of fused-ring (bicyclic) bond motifs is 5. The van der Waals surface area contributed by atoms with Crippen LogP contribution in [0.4, 0.5) is 5.69 Å². The van der Waals surface area contributed by atoms with Crippen LogP contribution in [0.1, 0.15) is 0 Å². The van der Waals surface area contributed by atoms with Crippen LogP contribution < -0.4 is 4.90 Å². The van der Waals surface area contributed by atoms with Gasteiger partial charge < -0.3 is 9.84 Å². The normalized spacial score (nSPS) is 37.9. The fraction of sp³-hybridized carbons (Fsp3) is 0.333. The van der Waals surface area contributed by atoms with E-state index in [4.69, 9.17) is 4.74 Å². The molecule has 4 rings (SSSR count). The minimum absolute atomic E-state index is 0.240. The first-order valence-corrected chi connectivity index (χ1v) is 6.59. The highest BCUT2D eigenvalue weighted by Gasteiger charge is 2.67. The highest BCUT2D eigenvalue weighted by atomic mass is 16.5. The van der Waals surface area contributed by atoms with Crippen LogP contribution in [0.25, 0.3) is 0 Å². The number of benzene rings is 1. The summed E-state index contributed by atoms with van der Waals surface area (Å²) in [6.07, 6.45) is 3.09. The molecule has 2 bridgehead atoms. The fourth-order valence-electron chi connectivity index (χ4n) is 3.52. The summed E-state index contributed by atoms with van der Waals surface area (Å²) >= 11 is 0. The molecule has 102 valence electrons. The molecule has 2 amide bonds. The predicted molar refractivity (Wildman–Crippen MR) is 69.7 cm³/mol. The molecule has 1 N–H and O–H groups in total. The van der Waals surface area contributed by atoms with Crippen LogP contribution in [0.2, 0.25) is 0 Å². The van der Waals surface area contributed by atoms with E-state index in [-0.39, 0.29) is 18.4 Å². The van der Waals surface area contributed by atoms with Crippen LogP contribution in [-0.2, 0) is 14.3 Å². The quantitative estimate of drug-likeness (QED) is 0.628. The molecule has 20 heavy (non-hydrogen) atoms. The maximum absolute atomic E-state index is 12.6. The van der Waals surface area contributed by atoms with Crippen molar-refractivity contribution < 1.29 is 19.4 Å². The molecule has 0 spiro atoms. The third-order valence-electron chi connectivity index (χ3n) is 4.42. The molecule has 5 heteroatoms. The summed E-state index contributed by atoms with van der Waals surface area (Å²) in [6.45, 7) is -0.289. The van der Waals surface area contributed by atoms with Gasteiger partial charge >= 0.3 is 0 Å². The van der Waals surface area contributed by atoms with E-state index < -0.39 is 23.5 Å². The van der Waals surface area contributed by atoms with E-state index in [0.717, 1.165) is 0 Å². The highest BCUT2D eigenvalue weighted by Crippen LogP contribution is 2.52. The summed E-state index contributed by atoms with van der Waals surface area (Å²) in [5.41, 5.74) is -0.449. The molecule has 2 fully saturated rings. The van der Waals surface area contributed by atoms with Gasteiger partial charge in [0.1, 0.15) is 5.60 Å². The van der Waals surface area contributed by atoms with E-state index in [1.807, 2.05) is 6.07 Å². The van der Waals surface area contributed by atoms with Crippen molar-refractivity contribution in [3.63, 3.8) is 0 Å². The first-order chi connectivity index (χ1) is 9.68. The Morgan fingerprint density at radius 3 is 2.65 bits per heavy atom. The van der Waals surface area contributed by atoms with Crippen molar-refractivity contribution in [3.8, 4) is 0 Å². The van der Waals surface area contributed by atoms with Gasteiger partial charge in [-0.25, -0.2) is 4.90 Å². The zero-order valence-electron chi connectivity index (χ0n) is 10.6. The van der Waals surface area contributed by atoms with Crippen LogP contribution in [-0.4, -0.2) is 35.2 Å². The summed E-state index contributed by atoms with van der Waals surface area (Å²) < 4.78 is 5.67. The number of aliphatic hydroxyl groups excluding tert-OH is 1. The maximum atomic E-state index is 12.6. The Labute approximate surface area is 115 Å². The second kappa shape index (κ2) is 3.77. The summed E-state index contributed by atoms with van der Waals surface area (Å²) in [7, 11) is 0. The maximum Gasteiger partial charge on any atom is 0.241 e. The molecule has 0 aliphatic carbocycles. The molecule has 3 heterocycles. The molecule has 0 saturated carbocycles. The van der Waals surface area contributed by atoms with Crippen molar-refractivity contribution in [1.29, 1.82) is 0 Å². The summed E-state index contributed by atoms with van der Waals surface area (Å²) in [4.78, 5) is 26.4. The Hall–Kier alpha value is -1.98. The molecule has 2 saturated heterocycles. The number of aliphatic hydroxyl groups is 1. The van der Waals surface area contributed by atoms with Crippen LogP contribution in [0, 0.1) is 11.8 Å². The Morgan fingerprint density at radius 2 is 1.95 bits per heavy atom. The van der Waals surface area contributed by atoms with Crippen molar-refractivity contribution in [3.05, 3.63) is 42.5 Å². The number of rotatable bonds is 2. The highest BCUT2D eigenvalue weighted by molar-refractivity contribution is 6.23. The largest absolute Gasteiger partial charge is 0.393 e. The third-order valence-corrected chi connectivity index (χ3v) is 4.42. The number of nitrogens with zero attached hydrogens (tertiary/aromatic N) is 1. The molecule has 4 atom stereocenters. The van der Waals surface area contributed by atoms with Gasteiger partial charge in [0.25, 0.3) is 0 Å². The standard InChI is InChI=1S/C15H13NO4/c17-8-15-7-6-10(20-15)11-12(15)14(19)16(13(11)18)9-4-2-1-3-5-9/h1-7,10-12,17H,8H2/t10-,11-,12+,15+/m1/s1. The average Bonchev–Trinajstić information content (AvgIpc) is 3.11. The van der Waals surface area contributed by atoms with Gasteiger partial charge in [-0.1, -0.05) is 30.4 Å². The number of anilines is 1. The van der Waals surface area contributed by atoms with Crippen LogP contribution in [0.3, 0.4) is 0 Å². The van der Waals surface area contributed by atoms with E-state index >= 15 is 0 Å². The van der Waals surface area contributed by atoms with Gasteiger partial charge in [0.15, 0.2) is 0 Å². The van der Waals surface area contributed by atoms with Gasteiger partial charge in [0, 0.05) is 0 Å². The number of carbonyl (C=O) groups is 2. The van der Waals surface area contributed by atoms with E-state index in [1.54, 1.807) is 36.4 Å². The van der Waals surface area contributed by atoms with Crippen molar-refractivity contribution >= 4 is 17.5 Å². The van der Waals surface area contributed by atoms with Gasteiger partial charge in [0.05, 0.1) is 30.2 Å². The fourth-order valence-corrected chi connectivity index (χ4v) is 3.52. The Kier molecular flexibility index (Phi) is 2.23. The van der Waals surface area contributed by atoms with Crippen LogP contribution in [0.5, 0.6) is 0 Å². The van der Waals surface area contributed by atoms with E-state index in [9.17, 15) is 14.7 Å². The first kappa shape index (κ1) is 11.8. The molecular formula is C15H13NO4. The Bertz CT molecular complexity index is 626. The van der Waals surface area contributed by atoms with Crippen molar-refractivity contribution in [2.24, 2.45) is 11.8 Å². The number of ether oxygens (including phenoxy) is 1. The minimum atomic E-state index is -1.02. The number of imide groups is 1. The molecular weight excluding hydrogens is 258 g/mol. The Morgan fingerprint density at radius 1 is 1.20 bits per heavy atom. The molecule has 0 radical (unpaired) electrons. The SMILES string of the molecule is O=C1[C@H]2[C@@H](C(=O)N1c1ccccc1)[C@@]1(CO)C=C[C@H]2O1. The average molecular weight is 271 g/mol. The topological polar surface area (TPSA) is 66.8 Å². The number of carbonyl (C=O) groups excluding carboxylic acids is 2. The monoisotopic (exact) mass is 271 g/mol. The molecule has 1 aromatic carbocycles. The number of para-hydroxylation sites is 1.